The van der Waals surface area contributed by atoms with E-state index >= 15 is 0 Å². The van der Waals surface area contributed by atoms with Crippen LogP contribution < -0.4 is 19.9 Å². The topological polar surface area (TPSA) is 102 Å². The van der Waals surface area contributed by atoms with Crippen molar-refractivity contribution in [2.75, 3.05) is 41.4 Å². The number of amides is 2. The summed E-state index contributed by atoms with van der Waals surface area (Å²) in [4.78, 5) is 31.0. The molecule has 0 spiro atoms. The number of hydrogen-bond acceptors (Lipinski definition) is 8. The Balaban J connectivity index is 1.23. The van der Waals surface area contributed by atoms with Crippen LogP contribution >= 0.6 is 0 Å². The van der Waals surface area contributed by atoms with Crippen molar-refractivity contribution >= 4 is 23.4 Å². The number of rotatable bonds is 5. The molecule has 2 aromatic heterocycles. The molecule has 2 atom stereocenters. The Morgan fingerprint density at radius 3 is 2.76 bits per heavy atom. The number of halogens is 3. The molecule has 5 heterocycles. The minimum absolute atomic E-state index is 0.121. The Hall–Kier alpha value is -3.97. The number of fused-ring (bicyclic) bond motifs is 4. The number of nitrogens with zero attached hydrogens (tertiary/aromatic N) is 5. The number of ether oxygens (including phenoxy) is 3. The van der Waals surface area contributed by atoms with Crippen LogP contribution in [0.4, 0.5) is 35.3 Å². The van der Waals surface area contributed by atoms with Crippen LogP contribution in [0.1, 0.15) is 37.9 Å². The Morgan fingerprint density at radius 1 is 1.21 bits per heavy atom. The Morgan fingerprint density at radius 2 is 2.05 bits per heavy atom. The third kappa shape index (κ3) is 5.71. The van der Waals surface area contributed by atoms with Gasteiger partial charge in [0.15, 0.2) is 17.4 Å². The van der Waals surface area contributed by atoms with E-state index in [-0.39, 0.29) is 23.5 Å². The van der Waals surface area contributed by atoms with E-state index in [1.54, 1.807) is 24.0 Å². The fraction of sp³-hybridized carbons (Fsp3) is 0.448. The van der Waals surface area contributed by atoms with Crippen molar-refractivity contribution in [3.8, 4) is 17.1 Å². The zero-order valence-corrected chi connectivity index (χ0v) is 23.4. The smallest absolute Gasteiger partial charge is 0.416 e. The van der Waals surface area contributed by atoms with Crippen LogP contribution in [-0.2, 0) is 15.7 Å². The number of urea groups is 1. The summed E-state index contributed by atoms with van der Waals surface area (Å²) in [5.41, 5.74) is 0.720. The number of benzene rings is 1. The largest absolute Gasteiger partial charge is 0.489 e. The second-order valence-corrected chi connectivity index (χ2v) is 11.1. The van der Waals surface area contributed by atoms with Gasteiger partial charge in [-0.3, -0.25) is 10.2 Å². The van der Waals surface area contributed by atoms with Gasteiger partial charge in [-0.1, -0.05) is 12.1 Å². The number of nitrogens with one attached hydrogen (secondary N) is 1. The predicted octanol–water partition coefficient (Wildman–Crippen LogP) is 5.42. The number of carbonyl (C=O) groups excluding carboxylic acids is 1. The number of piperidine rings is 1. The van der Waals surface area contributed by atoms with Gasteiger partial charge in [-0.25, -0.2) is 19.7 Å². The predicted molar refractivity (Wildman–Crippen MR) is 149 cm³/mol. The van der Waals surface area contributed by atoms with Crippen molar-refractivity contribution in [2.45, 2.75) is 57.7 Å². The molecule has 42 heavy (non-hydrogen) atoms. The van der Waals surface area contributed by atoms with Crippen LogP contribution in [-0.4, -0.2) is 65.2 Å². The number of aromatic nitrogens is 3. The average Bonchev–Trinajstić information content (AvgIpc) is 3.30. The summed E-state index contributed by atoms with van der Waals surface area (Å²) in [6.07, 6.45) is -1.55. The quantitative estimate of drug-likeness (QED) is 0.425. The lowest BCUT2D eigenvalue weighted by Crippen LogP contribution is -2.56. The monoisotopic (exact) mass is 584 g/mol. The van der Waals surface area contributed by atoms with Gasteiger partial charge >= 0.3 is 12.2 Å². The summed E-state index contributed by atoms with van der Waals surface area (Å²) in [6, 6.07) is 7.63. The highest BCUT2D eigenvalue weighted by molar-refractivity contribution is 6.04. The maximum absolute atomic E-state index is 13.7. The van der Waals surface area contributed by atoms with Crippen LogP contribution in [0.25, 0.3) is 11.4 Å². The number of alkyl halides is 3. The van der Waals surface area contributed by atoms with Gasteiger partial charge in [0.05, 0.1) is 30.1 Å². The highest BCUT2D eigenvalue weighted by Crippen LogP contribution is 2.41. The van der Waals surface area contributed by atoms with Crippen molar-refractivity contribution < 1.29 is 32.2 Å². The lowest BCUT2D eigenvalue weighted by atomic mass is 9.99. The van der Waals surface area contributed by atoms with E-state index in [0.29, 0.717) is 48.5 Å². The van der Waals surface area contributed by atoms with Crippen LogP contribution in [0.5, 0.6) is 5.75 Å². The summed E-state index contributed by atoms with van der Waals surface area (Å²) in [7, 11) is 0. The first-order chi connectivity index (χ1) is 20.0. The molecule has 2 fully saturated rings. The highest BCUT2D eigenvalue weighted by Gasteiger charge is 2.40. The van der Waals surface area contributed by atoms with Gasteiger partial charge in [0, 0.05) is 18.7 Å². The van der Waals surface area contributed by atoms with E-state index < -0.39 is 23.6 Å². The first-order valence-corrected chi connectivity index (χ1v) is 13.8. The molecule has 0 saturated carbocycles. The average molecular weight is 585 g/mol. The fourth-order valence-corrected chi connectivity index (χ4v) is 5.60. The zero-order valence-electron chi connectivity index (χ0n) is 23.4. The van der Waals surface area contributed by atoms with Gasteiger partial charge in [0.1, 0.15) is 30.0 Å². The molecule has 0 aliphatic carbocycles. The van der Waals surface area contributed by atoms with Crippen LogP contribution in [0.2, 0.25) is 0 Å². The zero-order chi connectivity index (χ0) is 29.6. The molecule has 13 heteroatoms. The molecule has 1 aromatic carbocycles. The molecule has 3 aliphatic rings. The minimum Gasteiger partial charge on any atom is -0.489 e. The van der Waals surface area contributed by atoms with Crippen LogP contribution in [0.3, 0.4) is 0 Å². The Labute approximate surface area is 240 Å². The third-order valence-electron chi connectivity index (χ3n) is 7.49. The van der Waals surface area contributed by atoms with E-state index in [2.05, 4.69) is 25.2 Å². The molecule has 222 valence electrons. The molecule has 2 saturated heterocycles. The SMILES string of the molecule is Cc1nc(-c2cccc(C(F)(F)F)c2)nc2c1N1CCC[C@@H](C1)N2C(=O)Nc1ccc(OC[C@H]2COC(C)(C)O2)cn1. The summed E-state index contributed by atoms with van der Waals surface area (Å²) in [6.45, 7) is 7.60. The van der Waals surface area contributed by atoms with Crippen molar-refractivity contribution in [1.29, 1.82) is 0 Å². The first kappa shape index (κ1) is 28.2. The van der Waals surface area contributed by atoms with E-state index in [0.717, 1.165) is 31.5 Å². The molecule has 10 nitrogen and oxygen atoms in total. The van der Waals surface area contributed by atoms with E-state index in [1.165, 1.54) is 18.3 Å². The maximum Gasteiger partial charge on any atom is 0.416 e. The van der Waals surface area contributed by atoms with E-state index in [4.69, 9.17) is 14.2 Å². The molecule has 3 aromatic rings. The molecular weight excluding hydrogens is 553 g/mol. The molecule has 6 rings (SSSR count). The normalized spacial score (nSPS) is 21.2. The molecule has 0 unspecified atom stereocenters. The number of carbonyl (C=O) groups is 1. The molecule has 0 radical (unpaired) electrons. The lowest BCUT2D eigenvalue weighted by molar-refractivity contribution is -0.141. The summed E-state index contributed by atoms with van der Waals surface area (Å²) >= 11 is 0. The van der Waals surface area contributed by atoms with Crippen molar-refractivity contribution in [3.63, 3.8) is 0 Å². The van der Waals surface area contributed by atoms with Gasteiger partial charge in [0.25, 0.3) is 0 Å². The molecule has 3 aliphatic heterocycles. The lowest BCUT2D eigenvalue weighted by Gasteiger charge is -2.46. The Kier molecular flexibility index (Phi) is 7.17. The van der Waals surface area contributed by atoms with Gasteiger partial charge in [-0.15, -0.1) is 0 Å². The van der Waals surface area contributed by atoms with Gasteiger partial charge in [0.2, 0.25) is 0 Å². The standard InChI is InChI=1S/C29H31F3N6O4/c1-17-24-26(36-25(34-17)18-6-4-7-19(12-18)29(30,31)32)38(20-8-5-11-37(24)14-20)27(39)35-23-10-9-21(13-33-23)40-15-22-16-41-28(2,3)42-22/h4,6-7,9-10,12-13,20,22H,5,8,11,14-16H2,1-3H3,(H,33,35,39)/t20-,22-/m0/s1. The number of anilines is 3. The van der Waals surface area contributed by atoms with Crippen molar-refractivity contribution in [3.05, 3.63) is 53.9 Å². The summed E-state index contributed by atoms with van der Waals surface area (Å²) in [5.74, 6) is 0.681. The fourth-order valence-electron chi connectivity index (χ4n) is 5.60. The van der Waals surface area contributed by atoms with Crippen molar-refractivity contribution in [2.24, 2.45) is 0 Å². The molecular formula is C29H31F3N6O4. The number of hydrogen-bond donors (Lipinski definition) is 1. The van der Waals surface area contributed by atoms with Gasteiger partial charge in [-0.05, 0) is 57.9 Å². The van der Waals surface area contributed by atoms with E-state index in [9.17, 15) is 18.0 Å². The summed E-state index contributed by atoms with van der Waals surface area (Å²) < 4.78 is 57.3. The minimum atomic E-state index is -4.50. The molecule has 1 N–H and O–H groups in total. The van der Waals surface area contributed by atoms with Gasteiger partial charge < -0.3 is 19.1 Å². The third-order valence-corrected chi connectivity index (χ3v) is 7.49. The second-order valence-electron chi connectivity index (χ2n) is 11.1. The molecule has 2 amide bonds. The number of pyridine rings is 1. The Bertz CT molecular complexity index is 1480. The van der Waals surface area contributed by atoms with Crippen LogP contribution in [0, 0.1) is 6.92 Å². The summed E-state index contributed by atoms with van der Waals surface area (Å²) in [5, 5.41) is 2.85. The number of aryl methyl sites for hydroxylation is 1. The second kappa shape index (κ2) is 10.7. The van der Waals surface area contributed by atoms with Crippen LogP contribution in [0.15, 0.2) is 42.6 Å². The maximum atomic E-state index is 13.7. The van der Waals surface area contributed by atoms with Crippen molar-refractivity contribution in [1.82, 2.24) is 15.0 Å². The highest BCUT2D eigenvalue weighted by atomic mass is 19.4. The first-order valence-electron chi connectivity index (χ1n) is 13.8. The van der Waals surface area contributed by atoms with E-state index in [1.807, 2.05) is 13.8 Å². The van der Waals surface area contributed by atoms with Gasteiger partial charge in [-0.2, -0.15) is 13.2 Å². The molecule has 2 bridgehead atoms.